The second-order valence-corrected chi connectivity index (χ2v) is 5.81. The summed E-state index contributed by atoms with van der Waals surface area (Å²) in [6.07, 6.45) is 0. The Balaban J connectivity index is 1.79. The van der Waals surface area contributed by atoms with Crippen LogP contribution in [-0.2, 0) is 9.59 Å². The van der Waals surface area contributed by atoms with Gasteiger partial charge in [0.05, 0.1) is 13.2 Å². The van der Waals surface area contributed by atoms with Crippen LogP contribution >= 0.6 is 0 Å². The summed E-state index contributed by atoms with van der Waals surface area (Å²) in [5, 5.41) is 9.32. The molecule has 23 heavy (non-hydrogen) atoms. The van der Waals surface area contributed by atoms with E-state index in [0.29, 0.717) is 18.7 Å². The molecule has 0 saturated carbocycles. The number of amides is 3. The van der Waals surface area contributed by atoms with Crippen molar-refractivity contribution in [3.05, 3.63) is 35.9 Å². The van der Waals surface area contributed by atoms with Crippen LogP contribution in [0.4, 0.5) is 0 Å². The lowest BCUT2D eigenvalue weighted by Crippen LogP contribution is -2.70. The van der Waals surface area contributed by atoms with Crippen LogP contribution in [0.25, 0.3) is 0 Å². The van der Waals surface area contributed by atoms with Gasteiger partial charge in [0.25, 0.3) is 5.91 Å². The molecule has 2 aliphatic heterocycles. The van der Waals surface area contributed by atoms with Gasteiger partial charge in [-0.2, -0.15) is 0 Å². The molecule has 0 radical (unpaired) electrons. The highest BCUT2D eigenvalue weighted by molar-refractivity contribution is 5.99. The fourth-order valence-corrected chi connectivity index (χ4v) is 3.15. The number of aliphatic hydroxyl groups is 1. The molecule has 2 heterocycles. The SMILES string of the molecule is CN1C(=O)[C@H]2CN(C(=O)c3ccccc3)CCN2C(=O)[C@@H]1CO. The molecule has 1 aromatic carbocycles. The number of hydrogen-bond donors (Lipinski definition) is 1. The van der Waals surface area contributed by atoms with E-state index in [1.807, 2.05) is 6.07 Å². The zero-order valence-corrected chi connectivity index (χ0v) is 12.9. The number of nitrogens with zero attached hydrogens (tertiary/aromatic N) is 3. The summed E-state index contributed by atoms with van der Waals surface area (Å²) in [4.78, 5) is 41.7. The minimum absolute atomic E-state index is 0.141. The maximum absolute atomic E-state index is 12.5. The Kier molecular flexibility index (Phi) is 4.04. The van der Waals surface area contributed by atoms with Crippen molar-refractivity contribution in [1.29, 1.82) is 0 Å². The second kappa shape index (κ2) is 6.00. The average molecular weight is 317 g/mol. The van der Waals surface area contributed by atoms with Crippen molar-refractivity contribution in [2.75, 3.05) is 33.3 Å². The first-order valence-corrected chi connectivity index (χ1v) is 7.57. The quantitative estimate of drug-likeness (QED) is 0.772. The summed E-state index contributed by atoms with van der Waals surface area (Å²) in [7, 11) is 1.51. The van der Waals surface area contributed by atoms with Crippen molar-refractivity contribution in [3.8, 4) is 0 Å². The number of benzene rings is 1. The fourth-order valence-electron chi connectivity index (χ4n) is 3.15. The highest BCUT2D eigenvalue weighted by Crippen LogP contribution is 2.22. The lowest BCUT2D eigenvalue weighted by molar-refractivity contribution is -0.164. The smallest absolute Gasteiger partial charge is 0.253 e. The van der Waals surface area contributed by atoms with Crippen molar-refractivity contribution in [3.63, 3.8) is 0 Å². The molecule has 2 aliphatic rings. The van der Waals surface area contributed by atoms with E-state index in [2.05, 4.69) is 0 Å². The number of carbonyl (C=O) groups excluding carboxylic acids is 3. The minimum Gasteiger partial charge on any atom is -0.394 e. The summed E-state index contributed by atoms with van der Waals surface area (Å²) in [6.45, 7) is 0.473. The van der Waals surface area contributed by atoms with Gasteiger partial charge >= 0.3 is 0 Å². The molecule has 3 amide bonds. The van der Waals surface area contributed by atoms with Gasteiger partial charge in [-0.3, -0.25) is 14.4 Å². The van der Waals surface area contributed by atoms with Crippen LogP contribution in [0.1, 0.15) is 10.4 Å². The van der Waals surface area contributed by atoms with E-state index in [4.69, 9.17) is 0 Å². The van der Waals surface area contributed by atoms with E-state index >= 15 is 0 Å². The van der Waals surface area contributed by atoms with Gasteiger partial charge < -0.3 is 19.8 Å². The molecule has 2 fully saturated rings. The van der Waals surface area contributed by atoms with Crippen LogP contribution in [-0.4, -0.2) is 82.9 Å². The Labute approximate surface area is 134 Å². The summed E-state index contributed by atoms with van der Waals surface area (Å²) in [6, 6.07) is 7.39. The van der Waals surface area contributed by atoms with Crippen molar-refractivity contribution in [2.45, 2.75) is 12.1 Å². The third-order valence-corrected chi connectivity index (χ3v) is 4.53. The zero-order chi connectivity index (χ0) is 16.6. The van der Waals surface area contributed by atoms with Crippen LogP contribution in [0.5, 0.6) is 0 Å². The molecule has 0 spiro atoms. The Morgan fingerprint density at radius 1 is 1.17 bits per heavy atom. The lowest BCUT2D eigenvalue weighted by atomic mass is 10.0. The van der Waals surface area contributed by atoms with Gasteiger partial charge in [-0.15, -0.1) is 0 Å². The van der Waals surface area contributed by atoms with E-state index in [-0.39, 0.29) is 24.3 Å². The predicted molar refractivity (Wildman–Crippen MR) is 81.5 cm³/mol. The molecule has 0 bridgehead atoms. The molecule has 0 aromatic heterocycles. The van der Waals surface area contributed by atoms with Crippen LogP contribution in [0, 0.1) is 0 Å². The molecule has 1 aromatic rings. The molecular weight excluding hydrogens is 298 g/mol. The monoisotopic (exact) mass is 317 g/mol. The van der Waals surface area contributed by atoms with Crippen LogP contribution < -0.4 is 0 Å². The molecular formula is C16H19N3O4. The first-order chi connectivity index (χ1) is 11.0. The van der Waals surface area contributed by atoms with Gasteiger partial charge in [0.1, 0.15) is 12.1 Å². The zero-order valence-electron chi connectivity index (χ0n) is 12.9. The van der Waals surface area contributed by atoms with Gasteiger partial charge in [0.2, 0.25) is 11.8 Å². The maximum atomic E-state index is 12.5. The molecule has 1 N–H and O–H groups in total. The number of fused-ring (bicyclic) bond motifs is 1. The predicted octanol–water partition coefficient (Wildman–Crippen LogP) is -0.827. The highest BCUT2D eigenvalue weighted by atomic mass is 16.3. The van der Waals surface area contributed by atoms with Crippen molar-refractivity contribution < 1.29 is 19.5 Å². The van der Waals surface area contributed by atoms with Crippen LogP contribution in [0.3, 0.4) is 0 Å². The van der Waals surface area contributed by atoms with E-state index in [0.717, 1.165) is 0 Å². The summed E-state index contributed by atoms with van der Waals surface area (Å²) >= 11 is 0. The third kappa shape index (κ3) is 2.57. The summed E-state index contributed by atoms with van der Waals surface area (Å²) in [5.41, 5.74) is 0.567. The summed E-state index contributed by atoms with van der Waals surface area (Å²) < 4.78 is 0. The lowest BCUT2D eigenvalue weighted by Gasteiger charge is -2.47. The van der Waals surface area contributed by atoms with Crippen LogP contribution in [0.2, 0.25) is 0 Å². The first kappa shape index (κ1) is 15.5. The number of carbonyl (C=O) groups is 3. The third-order valence-electron chi connectivity index (χ3n) is 4.53. The Morgan fingerprint density at radius 2 is 1.87 bits per heavy atom. The molecule has 122 valence electrons. The van der Waals surface area contributed by atoms with E-state index in [1.165, 1.54) is 16.8 Å². The normalized spacial score (nSPS) is 24.7. The Hall–Kier alpha value is -2.41. The molecule has 0 unspecified atom stereocenters. The van der Waals surface area contributed by atoms with Crippen molar-refractivity contribution >= 4 is 17.7 Å². The van der Waals surface area contributed by atoms with Crippen LogP contribution in [0.15, 0.2) is 30.3 Å². The van der Waals surface area contributed by atoms with E-state index in [1.54, 1.807) is 29.2 Å². The number of hydrogen-bond acceptors (Lipinski definition) is 4. The molecule has 0 aliphatic carbocycles. The minimum atomic E-state index is -0.824. The number of aliphatic hydroxyl groups excluding tert-OH is 1. The number of piperazine rings is 2. The first-order valence-electron chi connectivity index (χ1n) is 7.57. The van der Waals surface area contributed by atoms with E-state index in [9.17, 15) is 19.5 Å². The molecule has 3 rings (SSSR count). The number of rotatable bonds is 2. The molecule has 2 atom stereocenters. The highest BCUT2D eigenvalue weighted by Gasteiger charge is 2.47. The van der Waals surface area contributed by atoms with Crippen molar-refractivity contribution in [1.82, 2.24) is 14.7 Å². The van der Waals surface area contributed by atoms with E-state index < -0.39 is 18.7 Å². The summed E-state index contributed by atoms with van der Waals surface area (Å²) in [5.74, 6) is -0.641. The van der Waals surface area contributed by atoms with Gasteiger partial charge in [-0.05, 0) is 12.1 Å². The number of likely N-dealkylation sites (N-methyl/N-ethyl adjacent to an activating group) is 1. The maximum Gasteiger partial charge on any atom is 0.253 e. The molecule has 7 heteroatoms. The van der Waals surface area contributed by atoms with Gasteiger partial charge in [-0.1, -0.05) is 18.2 Å². The Morgan fingerprint density at radius 3 is 2.52 bits per heavy atom. The largest absolute Gasteiger partial charge is 0.394 e. The Bertz CT molecular complexity index is 633. The van der Waals surface area contributed by atoms with Gasteiger partial charge in [0.15, 0.2) is 0 Å². The topological polar surface area (TPSA) is 81.2 Å². The van der Waals surface area contributed by atoms with Crippen molar-refractivity contribution in [2.24, 2.45) is 0 Å². The molecule has 7 nitrogen and oxygen atoms in total. The van der Waals surface area contributed by atoms with Gasteiger partial charge in [-0.25, -0.2) is 0 Å². The fraction of sp³-hybridized carbons (Fsp3) is 0.438. The molecule has 2 saturated heterocycles. The second-order valence-electron chi connectivity index (χ2n) is 5.81. The average Bonchev–Trinajstić information content (AvgIpc) is 2.60. The van der Waals surface area contributed by atoms with Gasteiger partial charge in [0, 0.05) is 25.7 Å². The standard InChI is InChI=1S/C16H19N3O4/c1-17-13(10-20)16(23)19-8-7-18(9-12(19)15(17)22)14(21)11-5-3-2-4-6-11/h2-6,12-13,20H,7-10H2,1H3/t12-,13+/m1/s1.